The normalized spacial score (nSPS) is 23.8. The number of pyridine rings is 1. The van der Waals surface area contributed by atoms with Crippen LogP contribution in [0.15, 0.2) is 18.5 Å². The van der Waals surface area contributed by atoms with Crippen molar-refractivity contribution in [3.8, 4) is 0 Å². The number of nitrogens with zero attached hydrogens (tertiary/aromatic N) is 4. The number of fused-ring (bicyclic) bond motifs is 1. The molecule has 1 atom stereocenters. The Morgan fingerprint density at radius 1 is 1.42 bits per heavy atom. The molecule has 1 aliphatic rings. The van der Waals surface area contributed by atoms with Gasteiger partial charge >= 0.3 is 6.08 Å². The molecule has 0 amide bonds. The Balaban J connectivity index is 2.09. The van der Waals surface area contributed by atoms with Gasteiger partial charge in [-0.25, -0.2) is 4.98 Å². The topological polar surface area (TPSA) is 62.1 Å². The summed E-state index contributed by atoms with van der Waals surface area (Å²) < 4.78 is 13.5. The zero-order valence-electron chi connectivity index (χ0n) is 10.7. The lowest BCUT2D eigenvalue weighted by Crippen LogP contribution is -2.46. The summed E-state index contributed by atoms with van der Waals surface area (Å²) in [5.41, 5.74) is -0.239. The molecule has 1 fully saturated rings. The van der Waals surface area contributed by atoms with Crippen LogP contribution in [0.5, 0.6) is 0 Å². The van der Waals surface area contributed by atoms with E-state index in [0.717, 1.165) is 19.4 Å². The van der Waals surface area contributed by atoms with Gasteiger partial charge in [0.15, 0.2) is 0 Å². The number of rotatable bonds is 1. The maximum absolute atomic E-state index is 13.5. The second-order valence-electron chi connectivity index (χ2n) is 5.23. The van der Waals surface area contributed by atoms with Gasteiger partial charge in [-0.05, 0) is 25.8 Å². The van der Waals surface area contributed by atoms with Crippen molar-refractivity contribution in [2.45, 2.75) is 25.4 Å². The molecule has 0 bridgehead atoms. The van der Waals surface area contributed by atoms with Crippen LogP contribution in [0.4, 0.5) is 10.2 Å². The van der Waals surface area contributed by atoms with E-state index in [0.29, 0.717) is 23.3 Å². The zero-order valence-corrected chi connectivity index (χ0v) is 10.7. The molecular weight excluding hydrogens is 247 g/mol. The van der Waals surface area contributed by atoms with Gasteiger partial charge in [0, 0.05) is 25.5 Å². The number of hydrogen-bond acceptors (Lipinski definition) is 5. The van der Waals surface area contributed by atoms with Gasteiger partial charge < -0.3 is 10.0 Å². The number of hydrogen-bond donors (Lipinski definition) is 1. The lowest BCUT2D eigenvalue weighted by molar-refractivity contribution is 0.0447. The molecule has 1 N–H and O–H groups in total. The molecule has 19 heavy (non-hydrogen) atoms. The summed E-state index contributed by atoms with van der Waals surface area (Å²) in [6, 6.07) is 1.66. The third-order valence-corrected chi connectivity index (χ3v) is 3.42. The Morgan fingerprint density at radius 3 is 3.05 bits per heavy atom. The lowest BCUT2D eigenvalue weighted by Gasteiger charge is -2.37. The van der Waals surface area contributed by atoms with E-state index in [1.54, 1.807) is 25.4 Å². The average molecular weight is 262 g/mol. The van der Waals surface area contributed by atoms with Crippen LogP contribution in [0, 0.1) is 6.08 Å². The highest BCUT2D eigenvalue weighted by molar-refractivity contribution is 5.88. The van der Waals surface area contributed by atoms with E-state index in [1.807, 2.05) is 4.90 Å². The van der Waals surface area contributed by atoms with Crippen LogP contribution in [-0.2, 0) is 0 Å². The molecule has 0 saturated carbocycles. The van der Waals surface area contributed by atoms with Crippen molar-refractivity contribution in [3.63, 3.8) is 0 Å². The largest absolute Gasteiger partial charge is 0.388 e. The van der Waals surface area contributed by atoms with Crippen molar-refractivity contribution < 1.29 is 9.50 Å². The summed E-state index contributed by atoms with van der Waals surface area (Å²) in [7, 11) is 0. The predicted octanol–water partition coefficient (Wildman–Crippen LogP) is 1.52. The molecule has 100 valence electrons. The molecule has 0 unspecified atom stereocenters. The monoisotopic (exact) mass is 262 g/mol. The van der Waals surface area contributed by atoms with Gasteiger partial charge in [-0.3, -0.25) is 4.98 Å². The maximum Gasteiger partial charge on any atom is 0.311 e. The van der Waals surface area contributed by atoms with E-state index < -0.39 is 11.7 Å². The van der Waals surface area contributed by atoms with Crippen LogP contribution in [0.3, 0.4) is 0 Å². The van der Waals surface area contributed by atoms with E-state index in [4.69, 9.17) is 0 Å². The minimum atomic E-state index is -0.770. The van der Waals surface area contributed by atoms with E-state index >= 15 is 0 Å². The highest BCUT2D eigenvalue weighted by atomic mass is 19.1. The van der Waals surface area contributed by atoms with Crippen LogP contribution in [0.25, 0.3) is 10.9 Å². The molecule has 1 aliphatic heterocycles. The molecule has 5 nitrogen and oxygen atoms in total. The average Bonchev–Trinajstić information content (AvgIpc) is 2.36. The summed E-state index contributed by atoms with van der Waals surface area (Å²) in [5.74, 6) is 0.510. The molecule has 2 aromatic heterocycles. The van der Waals surface area contributed by atoms with Crippen molar-refractivity contribution >= 4 is 16.7 Å². The van der Waals surface area contributed by atoms with Crippen LogP contribution in [0.1, 0.15) is 19.8 Å². The van der Waals surface area contributed by atoms with E-state index in [1.165, 1.54) is 0 Å². The maximum atomic E-state index is 13.5. The molecular formula is C13H15FN4O. The number of aliphatic hydroxyl groups is 1. The second kappa shape index (κ2) is 4.38. The third-order valence-electron chi connectivity index (χ3n) is 3.42. The number of halogens is 1. The first-order valence-electron chi connectivity index (χ1n) is 6.30. The lowest BCUT2D eigenvalue weighted by atomic mass is 9.95. The Bertz CT molecular complexity index is 617. The molecule has 3 heterocycles. The van der Waals surface area contributed by atoms with Crippen LogP contribution < -0.4 is 4.90 Å². The molecule has 0 aliphatic carbocycles. The quantitative estimate of drug-likeness (QED) is 0.789. The van der Waals surface area contributed by atoms with Crippen LogP contribution in [-0.4, -0.2) is 38.7 Å². The predicted molar refractivity (Wildman–Crippen MR) is 69.4 cm³/mol. The minimum Gasteiger partial charge on any atom is -0.388 e. The van der Waals surface area contributed by atoms with E-state index in [9.17, 15) is 9.50 Å². The fraction of sp³-hybridized carbons (Fsp3) is 0.462. The van der Waals surface area contributed by atoms with Crippen molar-refractivity contribution in [3.05, 3.63) is 24.5 Å². The highest BCUT2D eigenvalue weighted by Crippen LogP contribution is 2.28. The standard InChI is InChI=1S/C13H15FN4O/c1-13(19)4-2-6-18(8-13)11-9-7-15-5-3-10(9)16-12(14)17-11/h3,5,7,19H,2,4,6,8H2,1H3/t13-/m1/s1. The molecule has 0 spiro atoms. The summed E-state index contributed by atoms with van der Waals surface area (Å²) in [6.07, 6.45) is 4.05. The van der Waals surface area contributed by atoms with Crippen molar-refractivity contribution in [1.82, 2.24) is 15.0 Å². The molecule has 0 radical (unpaired) electrons. The Hall–Kier alpha value is -1.82. The third kappa shape index (κ3) is 2.35. The molecule has 3 rings (SSSR count). The SMILES string of the molecule is C[C@@]1(O)CCCN(c2nc(F)nc3ccncc23)C1. The smallest absolute Gasteiger partial charge is 0.311 e. The van der Waals surface area contributed by atoms with Gasteiger partial charge in [-0.15, -0.1) is 0 Å². The molecule has 0 aromatic carbocycles. The number of piperidine rings is 1. The molecule has 6 heteroatoms. The van der Waals surface area contributed by atoms with Crippen molar-refractivity contribution in [2.75, 3.05) is 18.0 Å². The van der Waals surface area contributed by atoms with E-state index in [-0.39, 0.29) is 0 Å². The summed E-state index contributed by atoms with van der Waals surface area (Å²) in [6.45, 7) is 2.97. The molecule has 1 saturated heterocycles. The first-order chi connectivity index (χ1) is 9.05. The summed E-state index contributed by atoms with van der Waals surface area (Å²) >= 11 is 0. The first-order valence-corrected chi connectivity index (χ1v) is 6.30. The van der Waals surface area contributed by atoms with Crippen LogP contribution in [0.2, 0.25) is 0 Å². The highest BCUT2D eigenvalue weighted by Gasteiger charge is 2.30. The van der Waals surface area contributed by atoms with Gasteiger partial charge in [0.2, 0.25) is 0 Å². The second-order valence-corrected chi connectivity index (χ2v) is 5.23. The number of aromatic nitrogens is 3. The van der Waals surface area contributed by atoms with Gasteiger partial charge in [0.05, 0.1) is 16.5 Å². The number of anilines is 1. The zero-order chi connectivity index (χ0) is 13.5. The summed E-state index contributed by atoms with van der Waals surface area (Å²) in [4.78, 5) is 13.6. The van der Waals surface area contributed by atoms with Crippen LogP contribution >= 0.6 is 0 Å². The Morgan fingerprint density at radius 2 is 2.26 bits per heavy atom. The van der Waals surface area contributed by atoms with Gasteiger partial charge in [-0.2, -0.15) is 9.37 Å². The summed E-state index contributed by atoms with van der Waals surface area (Å²) in [5, 5.41) is 10.9. The first kappa shape index (κ1) is 12.2. The van der Waals surface area contributed by atoms with Gasteiger partial charge in [0.1, 0.15) is 5.82 Å². The molecule has 2 aromatic rings. The minimum absolute atomic E-state index is 0.438. The Labute approximate surface area is 110 Å². The fourth-order valence-electron chi connectivity index (χ4n) is 2.57. The number of β-amino-alcohol motifs (C(OH)–C–C–N with tert-alkyl or cyclic N) is 1. The fourth-order valence-corrected chi connectivity index (χ4v) is 2.57. The Kier molecular flexibility index (Phi) is 2.82. The van der Waals surface area contributed by atoms with Crippen molar-refractivity contribution in [2.24, 2.45) is 0 Å². The van der Waals surface area contributed by atoms with Gasteiger partial charge in [-0.1, -0.05) is 0 Å². The van der Waals surface area contributed by atoms with Gasteiger partial charge in [0.25, 0.3) is 0 Å². The van der Waals surface area contributed by atoms with E-state index in [2.05, 4.69) is 15.0 Å². The van der Waals surface area contributed by atoms with Crippen molar-refractivity contribution in [1.29, 1.82) is 0 Å².